The van der Waals surface area contributed by atoms with Crippen molar-refractivity contribution in [3.05, 3.63) is 95.1 Å². The summed E-state index contributed by atoms with van der Waals surface area (Å²) in [5.41, 5.74) is 3.04. The molecule has 3 aromatic carbocycles. The number of oxazole rings is 1. The Morgan fingerprint density at radius 1 is 0.938 bits per heavy atom. The lowest BCUT2D eigenvalue weighted by Crippen LogP contribution is -2.04. The van der Waals surface area contributed by atoms with Crippen LogP contribution in [0, 0.1) is 0 Å². The molecule has 0 spiro atoms. The number of hydrogen-bond acceptors (Lipinski definition) is 3. The Labute approximate surface area is 185 Å². The van der Waals surface area contributed by atoms with Crippen LogP contribution >= 0.6 is 11.6 Å². The summed E-state index contributed by atoms with van der Waals surface area (Å²) in [6, 6.07) is 19.7. The second-order valence-corrected chi connectivity index (χ2v) is 7.72. The molecule has 0 aliphatic heterocycles. The van der Waals surface area contributed by atoms with Gasteiger partial charge in [0.05, 0.1) is 17.7 Å². The van der Waals surface area contributed by atoms with Crippen molar-refractivity contribution in [1.82, 2.24) is 14.8 Å². The Kier molecular flexibility index (Phi) is 4.98. The highest BCUT2D eigenvalue weighted by Crippen LogP contribution is 2.35. The van der Waals surface area contributed by atoms with Gasteiger partial charge in [-0.05, 0) is 35.9 Å². The van der Waals surface area contributed by atoms with E-state index in [0.29, 0.717) is 45.4 Å². The third kappa shape index (κ3) is 3.99. The van der Waals surface area contributed by atoms with E-state index >= 15 is 0 Å². The molecule has 5 aromatic rings. The Morgan fingerprint density at radius 2 is 1.69 bits per heavy atom. The Hall–Kier alpha value is -3.58. The summed E-state index contributed by atoms with van der Waals surface area (Å²) in [4.78, 5) is 4.52. The number of nitrogens with zero attached hydrogens (tertiary/aromatic N) is 3. The molecule has 32 heavy (non-hydrogen) atoms. The first kappa shape index (κ1) is 20.3. The van der Waals surface area contributed by atoms with Crippen LogP contribution in [0.1, 0.15) is 11.1 Å². The van der Waals surface area contributed by atoms with Gasteiger partial charge in [0.2, 0.25) is 5.89 Å². The molecule has 0 radical (unpaired) electrons. The molecule has 8 heteroatoms. The van der Waals surface area contributed by atoms with Gasteiger partial charge >= 0.3 is 6.18 Å². The van der Waals surface area contributed by atoms with Crippen LogP contribution in [0.3, 0.4) is 0 Å². The molecule has 2 heterocycles. The molecule has 0 unspecified atom stereocenters. The molecule has 0 N–H and O–H groups in total. The summed E-state index contributed by atoms with van der Waals surface area (Å²) in [5, 5.41) is 5.17. The highest BCUT2D eigenvalue weighted by molar-refractivity contribution is 6.31. The summed E-state index contributed by atoms with van der Waals surface area (Å²) in [7, 11) is 0. The molecule has 0 aliphatic rings. The third-order valence-electron chi connectivity index (χ3n) is 5.01. The average Bonchev–Trinajstić information content (AvgIpc) is 3.37. The molecule has 0 amide bonds. The van der Waals surface area contributed by atoms with Gasteiger partial charge in [-0.15, -0.1) is 0 Å². The van der Waals surface area contributed by atoms with Gasteiger partial charge in [0.1, 0.15) is 11.2 Å². The standard InChI is InChI=1S/C24H15ClF3N3O/c25-18-10-11-21-20(12-18)29-23(32-21)19-14-31(13-15-4-2-1-3-5-15)30-22(19)16-6-8-17(9-7-16)24(26,27)28/h1-12,14H,13H2. The zero-order chi connectivity index (χ0) is 22.3. The van der Waals surface area contributed by atoms with E-state index in [1.54, 1.807) is 29.1 Å². The number of alkyl halides is 3. The SMILES string of the molecule is FC(F)(F)c1ccc(-c2nn(Cc3ccccc3)cc2-c2nc3cc(Cl)ccc3o2)cc1. The first-order chi connectivity index (χ1) is 15.4. The molecule has 4 nitrogen and oxygen atoms in total. The van der Waals surface area contributed by atoms with Crippen LogP contribution in [0.5, 0.6) is 0 Å². The molecule has 2 aromatic heterocycles. The number of halogens is 4. The normalized spacial score (nSPS) is 11.9. The molecule has 5 rings (SSSR count). The van der Waals surface area contributed by atoms with Gasteiger partial charge in [0.15, 0.2) is 5.58 Å². The van der Waals surface area contributed by atoms with E-state index in [-0.39, 0.29) is 0 Å². The van der Waals surface area contributed by atoms with E-state index in [1.165, 1.54) is 12.1 Å². The minimum absolute atomic E-state index is 0.316. The molecule has 0 saturated heterocycles. The minimum Gasteiger partial charge on any atom is -0.436 e. The van der Waals surface area contributed by atoms with Gasteiger partial charge < -0.3 is 4.42 Å². The van der Waals surface area contributed by atoms with Gasteiger partial charge in [0, 0.05) is 16.8 Å². The molecule has 0 saturated carbocycles. The summed E-state index contributed by atoms with van der Waals surface area (Å²) >= 11 is 6.06. The van der Waals surface area contributed by atoms with Crippen LogP contribution in [0.4, 0.5) is 13.2 Å². The van der Waals surface area contributed by atoms with Crippen molar-refractivity contribution in [1.29, 1.82) is 0 Å². The average molecular weight is 454 g/mol. The zero-order valence-corrected chi connectivity index (χ0v) is 17.2. The largest absolute Gasteiger partial charge is 0.436 e. The number of fused-ring (bicyclic) bond motifs is 1. The van der Waals surface area contributed by atoms with Crippen molar-refractivity contribution in [2.45, 2.75) is 12.7 Å². The smallest absolute Gasteiger partial charge is 0.416 e. The number of rotatable bonds is 4. The first-order valence-corrected chi connectivity index (χ1v) is 10.1. The van der Waals surface area contributed by atoms with Crippen molar-refractivity contribution in [2.75, 3.05) is 0 Å². The van der Waals surface area contributed by atoms with Gasteiger partial charge in [-0.25, -0.2) is 4.98 Å². The van der Waals surface area contributed by atoms with E-state index < -0.39 is 11.7 Å². The van der Waals surface area contributed by atoms with Crippen molar-refractivity contribution in [3.63, 3.8) is 0 Å². The van der Waals surface area contributed by atoms with Gasteiger partial charge in [-0.1, -0.05) is 54.1 Å². The van der Waals surface area contributed by atoms with Crippen molar-refractivity contribution >= 4 is 22.7 Å². The summed E-state index contributed by atoms with van der Waals surface area (Å²) in [6.45, 7) is 0.487. The van der Waals surface area contributed by atoms with E-state index in [1.807, 2.05) is 30.3 Å². The van der Waals surface area contributed by atoms with Crippen LogP contribution in [-0.2, 0) is 12.7 Å². The van der Waals surface area contributed by atoms with Crippen molar-refractivity contribution in [3.8, 4) is 22.7 Å². The fourth-order valence-corrected chi connectivity index (χ4v) is 3.64. The third-order valence-corrected chi connectivity index (χ3v) is 5.25. The van der Waals surface area contributed by atoms with Gasteiger partial charge in [-0.3, -0.25) is 4.68 Å². The lowest BCUT2D eigenvalue weighted by molar-refractivity contribution is -0.137. The Balaban J connectivity index is 1.61. The summed E-state index contributed by atoms with van der Waals surface area (Å²) < 4.78 is 46.7. The molecular formula is C24H15ClF3N3O. The summed E-state index contributed by atoms with van der Waals surface area (Å²) in [5.74, 6) is 0.316. The maximum absolute atomic E-state index is 13.0. The number of aromatic nitrogens is 3. The van der Waals surface area contributed by atoms with E-state index in [0.717, 1.165) is 17.7 Å². The highest BCUT2D eigenvalue weighted by atomic mass is 35.5. The maximum Gasteiger partial charge on any atom is 0.416 e. The van der Waals surface area contributed by atoms with Crippen LogP contribution in [0.2, 0.25) is 5.02 Å². The van der Waals surface area contributed by atoms with Gasteiger partial charge in [0.25, 0.3) is 0 Å². The summed E-state index contributed by atoms with van der Waals surface area (Å²) in [6.07, 6.45) is -2.63. The van der Waals surface area contributed by atoms with Crippen LogP contribution in [-0.4, -0.2) is 14.8 Å². The van der Waals surface area contributed by atoms with E-state index in [4.69, 9.17) is 16.0 Å². The molecule has 160 valence electrons. The predicted molar refractivity (Wildman–Crippen MR) is 116 cm³/mol. The predicted octanol–water partition coefficient (Wildman–Crippen LogP) is 7.08. The number of hydrogen-bond donors (Lipinski definition) is 0. The van der Waals surface area contributed by atoms with Crippen LogP contribution in [0.15, 0.2) is 83.4 Å². The van der Waals surface area contributed by atoms with Crippen molar-refractivity contribution in [2.24, 2.45) is 0 Å². The Morgan fingerprint density at radius 3 is 2.41 bits per heavy atom. The molecule has 0 aliphatic carbocycles. The fourth-order valence-electron chi connectivity index (χ4n) is 3.48. The molecule has 0 atom stereocenters. The van der Waals surface area contributed by atoms with Crippen LogP contribution in [0.25, 0.3) is 33.8 Å². The maximum atomic E-state index is 13.0. The fraction of sp³-hybridized carbons (Fsp3) is 0.0833. The Bertz CT molecular complexity index is 1390. The van der Waals surface area contributed by atoms with Gasteiger partial charge in [-0.2, -0.15) is 18.3 Å². The van der Waals surface area contributed by atoms with E-state index in [9.17, 15) is 13.2 Å². The second-order valence-electron chi connectivity index (χ2n) is 7.28. The number of benzene rings is 3. The lowest BCUT2D eigenvalue weighted by Gasteiger charge is -2.07. The topological polar surface area (TPSA) is 43.9 Å². The first-order valence-electron chi connectivity index (χ1n) is 9.72. The highest BCUT2D eigenvalue weighted by Gasteiger charge is 2.30. The zero-order valence-electron chi connectivity index (χ0n) is 16.5. The van der Waals surface area contributed by atoms with E-state index in [2.05, 4.69) is 10.1 Å². The lowest BCUT2D eigenvalue weighted by atomic mass is 10.1. The minimum atomic E-state index is -4.41. The molecule has 0 bridgehead atoms. The van der Waals surface area contributed by atoms with Crippen LogP contribution < -0.4 is 0 Å². The molecular weight excluding hydrogens is 439 g/mol. The molecule has 0 fully saturated rings. The monoisotopic (exact) mass is 453 g/mol. The quantitative estimate of drug-likeness (QED) is 0.292. The van der Waals surface area contributed by atoms with Crippen molar-refractivity contribution < 1.29 is 17.6 Å². The second kappa shape index (κ2) is 7.84.